The Kier molecular flexibility index (Phi) is 4.81. The predicted octanol–water partition coefficient (Wildman–Crippen LogP) is 4.32. The van der Waals surface area contributed by atoms with E-state index in [0.717, 1.165) is 5.56 Å². The summed E-state index contributed by atoms with van der Waals surface area (Å²) in [6.07, 6.45) is 0. The topological polar surface area (TPSA) is 38.3 Å². The molecule has 21 heavy (non-hydrogen) atoms. The summed E-state index contributed by atoms with van der Waals surface area (Å²) in [6.45, 7) is 3.30. The highest BCUT2D eigenvalue weighted by atomic mass is 35.5. The van der Waals surface area contributed by atoms with Crippen LogP contribution in [0, 0.1) is 12.7 Å². The summed E-state index contributed by atoms with van der Waals surface area (Å²) in [5, 5.41) is 2.98. The van der Waals surface area contributed by atoms with E-state index in [9.17, 15) is 9.18 Å². The second-order valence-electron chi connectivity index (χ2n) is 4.67. The number of amides is 1. The number of nitrogens with one attached hydrogen (secondary N) is 1. The van der Waals surface area contributed by atoms with Crippen molar-refractivity contribution in [1.82, 2.24) is 0 Å². The SMILES string of the molecule is CC(=O)Nc1ccc(C)cc1OCc1c(F)cccc1Cl. The fourth-order valence-corrected chi connectivity index (χ4v) is 2.08. The van der Waals surface area contributed by atoms with Gasteiger partial charge in [0, 0.05) is 12.5 Å². The molecule has 2 aromatic carbocycles. The maximum atomic E-state index is 13.7. The molecule has 1 N–H and O–H groups in total. The lowest BCUT2D eigenvalue weighted by Crippen LogP contribution is -2.08. The molecule has 0 atom stereocenters. The van der Waals surface area contributed by atoms with Crippen LogP contribution in [0.25, 0.3) is 0 Å². The first-order valence-corrected chi connectivity index (χ1v) is 6.79. The van der Waals surface area contributed by atoms with Crippen molar-refractivity contribution in [3.8, 4) is 5.75 Å². The molecule has 2 rings (SSSR count). The lowest BCUT2D eigenvalue weighted by molar-refractivity contribution is -0.114. The van der Waals surface area contributed by atoms with E-state index in [1.54, 1.807) is 18.2 Å². The van der Waals surface area contributed by atoms with Crippen LogP contribution >= 0.6 is 11.6 Å². The minimum absolute atomic E-state index is 0.0124. The van der Waals surface area contributed by atoms with Crippen LogP contribution in [0.2, 0.25) is 5.02 Å². The van der Waals surface area contributed by atoms with E-state index in [-0.39, 0.29) is 18.1 Å². The van der Waals surface area contributed by atoms with E-state index >= 15 is 0 Å². The standard InChI is InChI=1S/C16H15ClFNO2/c1-10-6-7-15(19-11(2)20)16(8-10)21-9-12-13(17)4-3-5-14(12)18/h3-8H,9H2,1-2H3,(H,19,20). The van der Waals surface area contributed by atoms with Gasteiger partial charge in [-0.05, 0) is 36.8 Å². The van der Waals surface area contributed by atoms with Gasteiger partial charge in [0.1, 0.15) is 18.2 Å². The predicted molar refractivity (Wildman–Crippen MR) is 81.2 cm³/mol. The Balaban J connectivity index is 2.23. The van der Waals surface area contributed by atoms with Gasteiger partial charge in [-0.25, -0.2) is 4.39 Å². The van der Waals surface area contributed by atoms with Crippen LogP contribution in [-0.2, 0) is 11.4 Å². The Morgan fingerprint density at radius 3 is 2.76 bits per heavy atom. The molecule has 0 heterocycles. The van der Waals surface area contributed by atoms with Crippen LogP contribution in [0.15, 0.2) is 36.4 Å². The summed E-state index contributed by atoms with van der Waals surface area (Å²) in [5.41, 5.74) is 1.80. The van der Waals surface area contributed by atoms with Gasteiger partial charge in [-0.1, -0.05) is 23.7 Å². The highest BCUT2D eigenvalue weighted by Gasteiger charge is 2.10. The third kappa shape index (κ3) is 3.95. The fraction of sp³-hybridized carbons (Fsp3) is 0.188. The maximum Gasteiger partial charge on any atom is 0.221 e. The van der Waals surface area contributed by atoms with Crippen molar-refractivity contribution in [1.29, 1.82) is 0 Å². The Morgan fingerprint density at radius 2 is 2.10 bits per heavy atom. The number of benzene rings is 2. The normalized spacial score (nSPS) is 10.3. The van der Waals surface area contributed by atoms with Gasteiger partial charge in [0.2, 0.25) is 5.91 Å². The minimum atomic E-state index is -0.420. The first kappa shape index (κ1) is 15.3. The molecule has 0 aliphatic heterocycles. The van der Waals surface area contributed by atoms with Crippen LogP contribution in [0.1, 0.15) is 18.1 Å². The van der Waals surface area contributed by atoms with E-state index in [2.05, 4.69) is 5.32 Å². The van der Waals surface area contributed by atoms with Crippen LogP contribution in [0.5, 0.6) is 5.75 Å². The van der Waals surface area contributed by atoms with Crippen molar-refractivity contribution >= 4 is 23.2 Å². The summed E-state index contributed by atoms with van der Waals surface area (Å²) in [5.74, 6) is -0.145. The molecular formula is C16H15ClFNO2. The molecule has 0 unspecified atom stereocenters. The molecule has 1 amide bonds. The zero-order chi connectivity index (χ0) is 15.4. The van der Waals surface area contributed by atoms with Crippen molar-refractivity contribution in [2.45, 2.75) is 20.5 Å². The number of hydrogen-bond acceptors (Lipinski definition) is 2. The quantitative estimate of drug-likeness (QED) is 0.913. The number of ether oxygens (including phenoxy) is 1. The van der Waals surface area contributed by atoms with Gasteiger partial charge >= 0.3 is 0 Å². The molecule has 3 nitrogen and oxygen atoms in total. The number of aryl methyl sites for hydroxylation is 1. The molecule has 5 heteroatoms. The van der Waals surface area contributed by atoms with E-state index < -0.39 is 5.82 Å². The van der Waals surface area contributed by atoms with Crippen molar-refractivity contribution in [3.63, 3.8) is 0 Å². The molecule has 0 aliphatic rings. The summed E-state index contributed by atoms with van der Waals surface area (Å²) < 4.78 is 19.3. The Hall–Kier alpha value is -2.07. The smallest absolute Gasteiger partial charge is 0.221 e. The average Bonchev–Trinajstić information content (AvgIpc) is 2.40. The zero-order valence-corrected chi connectivity index (χ0v) is 12.5. The molecular weight excluding hydrogens is 293 g/mol. The monoisotopic (exact) mass is 307 g/mol. The molecule has 0 saturated heterocycles. The van der Waals surface area contributed by atoms with E-state index in [0.29, 0.717) is 16.5 Å². The van der Waals surface area contributed by atoms with E-state index in [1.807, 2.05) is 13.0 Å². The number of hydrogen-bond donors (Lipinski definition) is 1. The third-order valence-corrected chi connectivity index (χ3v) is 3.24. The van der Waals surface area contributed by atoms with E-state index in [4.69, 9.17) is 16.3 Å². The number of halogens is 2. The molecule has 0 aromatic heterocycles. The lowest BCUT2D eigenvalue weighted by Gasteiger charge is -2.13. The van der Waals surface area contributed by atoms with Gasteiger partial charge in [-0.3, -0.25) is 4.79 Å². The van der Waals surface area contributed by atoms with Crippen LogP contribution in [0.4, 0.5) is 10.1 Å². The summed E-state index contributed by atoms with van der Waals surface area (Å²) >= 11 is 5.96. The highest BCUT2D eigenvalue weighted by molar-refractivity contribution is 6.31. The van der Waals surface area contributed by atoms with Crippen molar-refractivity contribution in [2.24, 2.45) is 0 Å². The molecule has 0 bridgehead atoms. The molecule has 110 valence electrons. The first-order valence-electron chi connectivity index (χ1n) is 6.41. The van der Waals surface area contributed by atoms with Gasteiger partial charge in [0.15, 0.2) is 0 Å². The minimum Gasteiger partial charge on any atom is -0.487 e. The van der Waals surface area contributed by atoms with Crippen molar-refractivity contribution in [2.75, 3.05) is 5.32 Å². The average molecular weight is 308 g/mol. The van der Waals surface area contributed by atoms with Crippen molar-refractivity contribution < 1.29 is 13.9 Å². The fourth-order valence-electron chi connectivity index (χ4n) is 1.86. The van der Waals surface area contributed by atoms with Crippen LogP contribution in [-0.4, -0.2) is 5.91 Å². The Labute approximate surface area is 127 Å². The second kappa shape index (κ2) is 6.59. The van der Waals surface area contributed by atoms with Gasteiger partial charge in [-0.15, -0.1) is 0 Å². The van der Waals surface area contributed by atoms with Crippen LogP contribution in [0.3, 0.4) is 0 Å². The lowest BCUT2D eigenvalue weighted by atomic mass is 10.2. The molecule has 0 radical (unpaired) electrons. The zero-order valence-electron chi connectivity index (χ0n) is 11.7. The first-order chi connectivity index (χ1) is 9.97. The highest BCUT2D eigenvalue weighted by Crippen LogP contribution is 2.28. The van der Waals surface area contributed by atoms with E-state index in [1.165, 1.54) is 19.1 Å². The number of rotatable bonds is 4. The number of anilines is 1. The summed E-state index contributed by atoms with van der Waals surface area (Å²) in [7, 11) is 0. The molecule has 0 saturated carbocycles. The second-order valence-corrected chi connectivity index (χ2v) is 5.08. The Bertz CT molecular complexity index is 653. The number of carbonyl (C=O) groups excluding carboxylic acids is 1. The largest absolute Gasteiger partial charge is 0.487 e. The van der Waals surface area contributed by atoms with Gasteiger partial charge in [0.25, 0.3) is 0 Å². The third-order valence-electron chi connectivity index (χ3n) is 2.88. The summed E-state index contributed by atoms with van der Waals surface area (Å²) in [6, 6.07) is 9.85. The number of carbonyl (C=O) groups is 1. The Morgan fingerprint density at radius 1 is 1.33 bits per heavy atom. The summed E-state index contributed by atoms with van der Waals surface area (Å²) in [4.78, 5) is 11.2. The van der Waals surface area contributed by atoms with Gasteiger partial charge in [-0.2, -0.15) is 0 Å². The van der Waals surface area contributed by atoms with Crippen molar-refractivity contribution in [3.05, 3.63) is 58.4 Å². The van der Waals surface area contributed by atoms with Crippen LogP contribution < -0.4 is 10.1 Å². The molecule has 0 spiro atoms. The maximum absolute atomic E-state index is 13.7. The van der Waals surface area contributed by atoms with Gasteiger partial charge in [0.05, 0.1) is 10.7 Å². The van der Waals surface area contributed by atoms with Gasteiger partial charge < -0.3 is 10.1 Å². The molecule has 0 aliphatic carbocycles. The molecule has 0 fully saturated rings. The molecule has 2 aromatic rings.